The van der Waals surface area contributed by atoms with Gasteiger partial charge in [-0.25, -0.2) is 9.37 Å². The number of thiophene rings is 1. The summed E-state index contributed by atoms with van der Waals surface area (Å²) in [4.78, 5) is 22.5. The lowest BCUT2D eigenvalue weighted by Gasteiger charge is -2.43. The lowest BCUT2D eigenvalue weighted by Crippen LogP contribution is -2.53. The number of piperazine rings is 1. The second kappa shape index (κ2) is 11.1. The number of halogens is 2. The molecule has 2 aromatic heterocycles. The minimum Gasteiger partial charge on any atom is -0.353 e. The van der Waals surface area contributed by atoms with Crippen LogP contribution in [0.4, 0.5) is 10.2 Å². The van der Waals surface area contributed by atoms with E-state index in [1.807, 2.05) is 29.2 Å². The summed E-state index contributed by atoms with van der Waals surface area (Å²) in [5, 5.41) is 8.75. The predicted molar refractivity (Wildman–Crippen MR) is 149 cm³/mol. The number of carbonyl (C=O) groups is 1. The number of nitrogens with zero attached hydrogens (tertiary/aromatic N) is 3. The van der Waals surface area contributed by atoms with Crippen LogP contribution in [-0.4, -0.2) is 48.0 Å². The third kappa shape index (κ3) is 6.00. The molecular formula is C29H34ClFN4OS. The number of nitrogens with one attached hydrogen (secondary N) is 1. The average Bonchev–Trinajstić information content (AvgIpc) is 3.44. The Hall–Kier alpha value is -2.48. The van der Waals surface area contributed by atoms with Gasteiger partial charge in [-0.1, -0.05) is 23.7 Å². The number of amides is 1. The minimum atomic E-state index is -0.291. The largest absolute Gasteiger partial charge is 0.353 e. The van der Waals surface area contributed by atoms with Gasteiger partial charge in [-0.3, -0.25) is 4.79 Å². The fraction of sp³-hybridized carbons (Fsp3) is 0.448. The Morgan fingerprint density at radius 1 is 1.08 bits per heavy atom. The van der Waals surface area contributed by atoms with Crippen LogP contribution >= 0.6 is 22.9 Å². The van der Waals surface area contributed by atoms with Crippen molar-refractivity contribution in [3.63, 3.8) is 0 Å². The standard InChI is InChI=1S/C29H34ClFN4OS/c1-29(2,21-3-6-23(31)7-4-21)33-24-8-9-25(26(17-24)20-11-16-37-19-20)28(36)35-14-12-34(13-15-35)27-10-5-22(30)18-32-27/h3-7,10-11,16,18-19,24-26,33H,8-9,12-15,17H2,1-2H3/t24-,25+,26-/m1/s1. The molecular weight excluding hydrogens is 507 g/mol. The van der Waals surface area contributed by atoms with Gasteiger partial charge in [-0.05, 0) is 91.2 Å². The highest BCUT2D eigenvalue weighted by atomic mass is 35.5. The highest BCUT2D eigenvalue weighted by Gasteiger charge is 2.40. The fourth-order valence-corrected chi connectivity index (χ4v) is 6.69. The van der Waals surface area contributed by atoms with Gasteiger partial charge in [0.1, 0.15) is 11.6 Å². The molecule has 1 N–H and O–H groups in total. The zero-order valence-electron chi connectivity index (χ0n) is 21.4. The van der Waals surface area contributed by atoms with E-state index in [0.29, 0.717) is 18.1 Å². The molecule has 1 amide bonds. The minimum absolute atomic E-state index is 0.0122. The molecule has 0 bridgehead atoms. The van der Waals surface area contributed by atoms with E-state index >= 15 is 0 Å². The molecule has 5 nitrogen and oxygen atoms in total. The van der Waals surface area contributed by atoms with Crippen molar-refractivity contribution in [2.45, 2.75) is 50.6 Å². The molecule has 3 heterocycles. The number of benzene rings is 1. The number of hydrogen-bond donors (Lipinski definition) is 1. The summed E-state index contributed by atoms with van der Waals surface area (Å²) in [6, 6.07) is 13.0. The molecule has 3 atom stereocenters. The van der Waals surface area contributed by atoms with Gasteiger partial charge in [0.05, 0.1) is 5.02 Å². The van der Waals surface area contributed by atoms with E-state index in [2.05, 4.69) is 45.9 Å². The summed E-state index contributed by atoms with van der Waals surface area (Å²) >= 11 is 7.68. The lowest BCUT2D eigenvalue weighted by atomic mass is 9.72. The summed E-state index contributed by atoms with van der Waals surface area (Å²) in [6.45, 7) is 7.24. The maximum atomic E-state index is 13.8. The van der Waals surface area contributed by atoms with Crippen molar-refractivity contribution < 1.29 is 9.18 Å². The number of hydrogen-bond acceptors (Lipinski definition) is 5. The van der Waals surface area contributed by atoms with Gasteiger partial charge in [0.15, 0.2) is 0 Å². The molecule has 37 heavy (non-hydrogen) atoms. The Morgan fingerprint density at radius 2 is 1.84 bits per heavy atom. The third-order valence-electron chi connectivity index (χ3n) is 7.90. The number of pyridine rings is 1. The maximum Gasteiger partial charge on any atom is 0.226 e. The molecule has 0 radical (unpaired) electrons. The van der Waals surface area contributed by atoms with Crippen molar-refractivity contribution in [3.05, 3.63) is 81.4 Å². The number of rotatable bonds is 6. The molecule has 0 spiro atoms. The molecule has 0 unspecified atom stereocenters. The molecule has 1 aromatic carbocycles. The van der Waals surface area contributed by atoms with E-state index in [1.165, 1.54) is 17.7 Å². The van der Waals surface area contributed by atoms with E-state index in [4.69, 9.17) is 11.6 Å². The Morgan fingerprint density at radius 3 is 2.49 bits per heavy atom. The first kappa shape index (κ1) is 26.1. The molecule has 1 aliphatic carbocycles. The first-order valence-corrected chi connectivity index (χ1v) is 14.3. The van der Waals surface area contributed by atoms with Crippen molar-refractivity contribution >= 4 is 34.7 Å². The van der Waals surface area contributed by atoms with E-state index < -0.39 is 0 Å². The maximum absolute atomic E-state index is 13.8. The van der Waals surface area contributed by atoms with E-state index in [9.17, 15) is 9.18 Å². The summed E-state index contributed by atoms with van der Waals surface area (Å²) in [7, 11) is 0. The first-order chi connectivity index (χ1) is 17.8. The number of aromatic nitrogens is 1. The van der Waals surface area contributed by atoms with Crippen LogP contribution in [0.15, 0.2) is 59.4 Å². The van der Waals surface area contributed by atoms with Crippen molar-refractivity contribution in [1.82, 2.24) is 15.2 Å². The van der Waals surface area contributed by atoms with E-state index in [1.54, 1.807) is 17.5 Å². The highest BCUT2D eigenvalue weighted by molar-refractivity contribution is 7.08. The second-order valence-corrected chi connectivity index (χ2v) is 11.9. The molecule has 2 aliphatic rings. The van der Waals surface area contributed by atoms with Gasteiger partial charge in [0.25, 0.3) is 0 Å². The smallest absolute Gasteiger partial charge is 0.226 e. The zero-order valence-corrected chi connectivity index (χ0v) is 22.9. The predicted octanol–water partition coefficient (Wildman–Crippen LogP) is 6.06. The van der Waals surface area contributed by atoms with Gasteiger partial charge in [0.2, 0.25) is 5.91 Å². The van der Waals surface area contributed by atoms with Gasteiger partial charge in [-0.2, -0.15) is 11.3 Å². The molecule has 196 valence electrons. The van der Waals surface area contributed by atoms with Gasteiger partial charge < -0.3 is 15.1 Å². The molecule has 3 aromatic rings. The molecule has 1 aliphatic heterocycles. The summed E-state index contributed by atoms with van der Waals surface area (Å²) in [5.74, 6) is 1.13. The van der Waals surface area contributed by atoms with Crippen LogP contribution in [0.1, 0.15) is 50.2 Å². The lowest BCUT2D eigenvalue weighted by molar-refractivity contribution is -0.137. The Balaban J connectivity index is 1.25. The molecule has 1 saturated heterocycles. The van der Waals surface area contributed by atoms with Crippen molar-refractivity contribution in [1.29, 1.82) is 0 Å². The average molecular weight is 541 g/mol. The van der Waals surface area contributed by atoms with Crippen molar-refractivity contribution in [3.8, 4) is 0 Å². The molecule has 5 rings (SSSR count). The fourth-order valence-electron chi connectivity index (χ4n) is 5.86. The second-order valence-electron chi connectivity index (χ2n) is 10.7. The van der Waals surface area contributed by atoms with Gasteiger partial charge in [0, 0.05) is 49.9 Å². The van der Waals surface area contributed by atoms with Crippen molar-refractivity contribution in [2.75, 3.05) is 31.1 Å². The SMILES string of the molecule is CC(C)(N[C@@H]1CC[C@H](C(=O)N2CCN(c3ccc(Cl)cn3)CC2)[C@@H](c2ccsc2)C1)c1ccc(F)cc1. The Kier molecular flexibility index (Phi) is 7.84. The van der Waals surface area contributed by atoms with Crippen LogP contribution in [0.2, 0.25) is 5.02 Å². The van der Waals surface area contributed by atoms with Crippen LogP contribution in [0, 0.1) is 11.7 Å². The topological polar surface area (TPSA) is 48.5 Å². The third-order valence-corrected chi connectivity index (χ3v) is 8.82. The van der Waals surface area contributed by atoms with Crippen LogP contribution in [0.25, 0.3) is 0 Å². The first-order valence-electron chi connectivity index (χ1n) is 13.0. The van der Waals surface area contributed by atoms with E-state index in [0.717, 1.165) is 43.7 Å². The van der Waals surface area contributed by atoms with Crippen LogP contribution in [0.5, 0.6) is 0 Å². The monoisotopic (exact) mass is 540 g/mol. The zero-order chi connectivity index (χ0) is 26.0. The number of carbonyl (C=O) groups excluding carboxylic acids is 1. The Bertz CT molecular complexity index is 1180. The summed E-state index contributed by atoms with van der Waals surface area (Å²) in [5.41, 5.74) is 2.03. The summed E-state index contributed by atoms with van der Waals surface area (Å²) in [6.07, 6.45) is 4.38. The van der Waals surface area contributed by atoms with Crippen molar-refractivity contribution in [2.24, 2.45) is 5.92 Å². The molecule has 8 heteroatoms. The molecule has 2 fully saturated rings. The highest BCUT2D eigenvalue weighted by Crippen LogP contribution is 2.41. The molecule has 1 saturated carbocycles. The van der Waals surface area contributed by atoms with Gasteiger partial charge in [-0.15, -0.1) is 0 Å². The van der Waals surface area contributed by atoms with Crippen LogP contribution in [-0.2, 0) is 10.3 Å². The Labute approximate surface area is 227 Å². The normalized spacial score (nSPS) is 22.8. The number of anilines is 1. The van der Waals surface area contributed by atoms with E-state index in [-0.39, 0.29) is 35.1 Å². The van der Waals surface area contributed by atoms with Crippen LogP contribution in [0.3, 0.4) is 0 Å². The van der Waals surface area contributed by atoms with Gasteiger partial charge >= 0.3 is 0 Å². The quantitative estimate of drug-likeness (QED) is 0.413. The van der Waals surface area contributed by atoms with Crippen LogP contribution < -0.4 is 10.2 Å². The summed E-state index contributed by atoms with van der Waals surface area (Å²) < 4.78 is 13.5.